The maximum absolute atomic E-state index is 10.1. The highest BCUT2D eigenvalue weighted by Gasteiger charge is 1.92. The first-order chi connectivity index (χ1) is 3.31. The van der Waals surface area contributed by atoms with Crippen molar-refractivity contribution in [1.82, 2.24) is 0 Å². The maximum Gasteiger partial charge on any atom is 0.143 e. The molecule has 2 nitrogen and oxygen atoms in total. The Balaban J connectivity index is 3.17. The summed E-state index contributed by atoms with van der Waals surface area (Å²) in [5, 5.41) is 0. The average Bonchev–Trinajstić information content (AvgIpc) is 1.68. The van der Waals surface area contributed by atoms with Gasteiger partial charge in [0.05, 0.1) is 6.42 Å². The van der Waals surface area contributed by atoms with Gasteiger partial charge in [-0.3, -0.25) is 4.79 Å². The van der Waals surface area contributed by atoms with Crippen molar-refractivity contribution in [3.05, 3.63) is 6.42 Å². The van der Waals surface area contributed by atoms with E-state index in [0.717, 1.165) is 6.42 Å². The smallest absolute Gasteiger partial charge is 0.143 e. The van der Waals surface area contributed by atoms with Crippen molar-refractivity contribution in [3.63, 3.8) is 0 Å². The molecular formula is C5H7O2. The highest BCUT2D eigenvalue weighted by molar-refractivity contribution is 6.00. The Hall–Kier alpha value is -0.660. The van der Waals surface area contributed by atoms with Crippen LogP contribution in [0.15, 0.2) is 0 Å². The summed E-state index contributed by atoms with van der Waals surface area (Å²) < 4.78 is 0. The molecule has 1 radical (unpaired) electrons. The second kappa shape index (κ2) is 3.53. The first kappa shape index (κ1) is 6.34. The molecule has 0 fully saturated rings. The molecule has 39 valence electrons. The molecule has 0 saturated carbocycles. The van der Waals surface area contributed by atoms with Crippen molar-refractivity contribution >= 4 is 12.1 Å². The van der Waals surface area contributed by atoms with Gasteiger partial charge in [-0.15, -0.1) is 0 Å². The molecule has 0 aromatic carbocycles. The zero-order valence-corrected chi connectivity index (χ0v) is 4.18. The lowest BCUT2D eigenvalue weighted by Gasteiger charge is -1.80. The summed E-state index contributed by atoms with van der Waals surface area (Å²) in [4.78, 5) is 19.6. The van der Waals surface area contributed by atoms with Crippen molar-refractivity contribution in [3.8, 4) is 0 Å². The summed E-state index contributed by atoms with van der Waals surface area (Å²) in [6.45, 7) is 1.71. The Kier molecular flexibility index (Phi) is 3.19. The van der Waals surface area contributed by atoms with Gasteiger partial charge >= 0.3 is 0 Å². The van der Waals surface area contributed by atoms with Crippen LogP contribution in [0.1, 0.15) is 13.3 Å². The van der Waals surface area contributed by atoms with Gasteiger partial charge in [0.15, 0.2) is 0 Å². The summed E-state index contributed by atoms with van der Waals surface area (Å²) in [5.41, 5.74) is 0. The molecule has 0 amide bonds. The lowest BCUT2D eigenvalue weighted by atomic mass is 10.2. The molecule has 7 heavy (non-hydrogen) atoms. The van der Waals surface area contributed by atoms with Gasteiger partial charge in [-0.25, -0.2) is 0 Å². The van der Waals surface area contributed by atoms with E-state index in [9.17, 15) is 9.59 Å². The molecule has 0 unspecified atom stereocenters. The maximum atomic E-state index is 10.1. The number of ketones is 1. The van der Waals surface area contributed by atoms with Gasteiger partial charge in [0.2, 0.25) is 0 Å². The first-order valence-corrected chi connectivity index (χ1v) is 2.12. The minimum atomic E-state index is -0.116. The lowest BCUT2D eigenvalue weighted by Crippen LogP contribution is -1.94. The van der Waals surface area contributed by atoms with Crippen molar-refractivity contribution in [2.75, 3.05) is 0 Å². The molecule has 0 aliphatic rings. The number of aldehydes is 1. The summed E-state index contributed by atoms with van der Waals surface area (Å²) in [5.74, 6) is -0.116. The number of rotatable bonds is 3. The molecule has 0 saturated heterocycles. The monoisotopic (exact) mass is 99.0 g/mol. The predicted molar refractivity (Wildman–Crippen MR) is 25.7 cm³/mol. The summed E-state index contributed by atoms with van der Waals surface area (Å²) in [6, 6.07) is 0. The van der Waals surface area contributed by atoms with E-state index in [-0.39, 0.29) is 5.78 Å². The van der Waals surface area contributed by atoms with E-state index in [1.165, 1.54) is 0 Å². The number of carbonyl (C=O) groups is 2. The molecule has 2 heteroatoms. The highest BCUT2D eigenvalue weighted by atomic mass is 16.1. The Bertz CT molecular complexity index is 76.1. The van der Waals surface area contributed by atoms with Gasteiger partial charge in [0.25, 0.3) is 0 Å². The molecule has 0 aliphatic heterocycles. The normalized spacial score (nSPS) is 8.14. The SMILES string of the molecule is CCC(=O)[CH]C=O. The van der Waals surface area contributed by atoms with Crippen LogP contribution in [0.4, 0.5) is 0 Å². The lowest BCUT2D eigenvalue weighted by molar-refractivity contribution is -0.117. The fourth-order valence-corrected chi connectivity index (χ4v) is 0.194. The van der Waals surface area contributed by atoms with Gasteiger partial charge in [-0.2, -0.15) is 0 Å². The minimum Gasteiger partial charge on any atom is -0.303 e. The fraction of sp³-hybridized carbons (Fsp3) is 0.400. The zero-order valence-electron chi connectivity index (χ0n) is 4.18. The van der Waals surface area contributed by atoms with Gasteiger partial charge in [-0.05, 0) is 0 Å². The molecule has 0 heterocycles. The van der Waals surface area contributed by atoms with Crippen LogP contribution < -0.4 is 0 Å². The Morgan fingerprint density at radius 1 is 1.71 bits per heavy atom. The van der Waals surface area contributed by atoms with E-state index < -0.39 is 0 Å². The molecule has 0 aromatic heterocycles. The van der Waals surface area contributed by atoms with Crippen molar-refractivity contribution < 1.29 is 9.59 Å². The fourth-order valence-electron chi connectivity index (χ4n) is 0.194. The van der Waals surface area contributed by atoms with Crippen molar-refractivity contribution in [1.29, 1.82) is 0 Å². The zero-order chi connectivity index (χ0) is 5.70. The number of Topliss-reactive ketones (excluding diaryl/α,β-unsaturated/α-hetero) is 1. The predicted octanol–water partition coefficient (Wildman–Crippen LogP) is 0.369. The van der Waals surface area contributed by atoms with Gasteiger partial charge in [0, 0.05) is 6.42 Å². The van der Waals surface area contributed by atoms with Crippen molar-refractivity contribution in [2.45, 2.75) is 13.3 Å². The van der Waals surface area contributed by atoms with Gasteiger partial charge in [-0.1, -0.05) is 6.92 Å². The van der Waals surface area contributed by atoms with E-state index in [0.29, 0.717) is 12.7 Å². The third kappa shape index (κ3) is 3.16. The number of carbonyl (C=O) groups excluding carboxylic acids is 2. The van der Waals surface area contributed by atoms with Crippen LogP contribution in [0.25, 0.3) is 0 Å². The first-order valence-electron chi connectivity index (χ1n) is 2.12. The number of hydrogen-bond donors (Lipinski definition) is 0. The van der Waals surface area contributed by atoms with E-state index in [1.54, 1.807) is 6.92 Å². The van der Waals surface area contributed by atoms with Crippen LogP contribution in [0.3, 0.4) is 0 Å². The van der Waals surface area contributed by atoms with E-state index in [1.807, 2.05) is 0 Å². The topological polar surface area (TPSA) is 34.1 Å². The largest absolute Gasteiger partial charge is 0.303 e. The molecule has 0 N–H and O–H groups in total. The van der Waals surface area contributed by atoms with Crippen LogP contribution >= 0.6 is 0 Å². The molecular weight excluding hydrogens is 92.1 g/mol. The van der Waals surface area contributed by atoms with Crippen LogP contribution in [0.2, 0.25) is 0 Å². The van der Waals surface area contributed by atoms with E-state index in [4.69, 9.17) is 0 Å². The Labute approximate surface area is 42.5 Å². The summed E-state index contributed by atoms with van der Waals surface area (Å²) in [6.07, 6.45) is 1.95. The average molecular weight is 99.1 g/mol. The van der Waals surface area contributed by atoms with Gasteiger partial charge < -0.3 is 4.79 Å². The van der Waals surface area contributed by atoms with Crippen LogP contribution in [-0.4, -0.2) is 12.1 Å². The molecule has 0 rings (SSSR count). The highest BCUT2D eigenvalue weighted by Crippen LogP contribution is 1.80. The third-order valence-electron chi connectivity index (χ3n) is 0.602. The second-order valence-corrected chi connectivity index (χ2v) is 1.12. The minimum absolute atomic E-state index is 0.116. The van der Waals surface area contributed by atoms with Crippen LogP contribution in [-0.2, 0) is 9.59 Å². The molecule has 0 aromatic rings. The summed E-state index contributed by atoms with van der Waals surface area (Å²) in [7, 11) is 0. The quantitative estimate of drug-likeness (QED) is 0.378. The van der Waals surface area contributed by atoms with Crippen LogP contribution in [0, 0.1) is 6.42 Å². The summed E-state index contributed by atoms with van der Waals surface area (Å²) >= 11 is 0. The molecule has 0 spiro atoms. The third-order valence-corrected chi connectivity index (χ3v) is 0.602. The van der Waals surface area contributed by atoms with Crippen LogP contribution in [0.5, 0.6) is 0 Å². The second-order valence-electron chi connectivity index (χ2n) is 1.12. The molecule has 0 atom stereocenters. The molecule has 0 bridgehead atoms. The van der Waals surface area contributed by atoms with Crippen molar-refractivity contribution in [2.24, 2.45) is 0 Å². The Morgan fingerprint density at radius 2 is 2.29 bits per heavy atom. The standard InChI is InChI=1S/C5H7O2/c1-2-5(7)3-4-6/h3-4H,2H2,1H3. The van der Waals surface area contributed by atoms with E-state index in [2.05, 4.69) is 0 Å². The Morgan fingerprint density at radius 3 is 2.43 bits per heavy atom. The van der Waals surface area contributed by atoms with E-state index >= 15 is 0 Å². The molecule has 0 aliphatic carbocycles. The number of hydrogen-bond acceptors (Lipinski definition) is 2. The van der Waals surface area contributed by atoms with Gasteiger partial charge in [0.1, 0.15) is 12.1 Å².